The summed E-state index contributed by atoms with van der Waals surface area (Å²) < 4.78 is 31.6. The molecule has 172 valence electrons. The summed E-state index contributed by atoms with van der Waals surface area (Å²) in [5, 5.41) is 4.02. The average molecular weight is 580 g/mol. The third-order valence-corrected chi connectivity index (χ3v) is 5.63. The fourth-order valence-corrected chi connectivity index (χ4v) is 4.32. The Morgan fingerprint density at radius 3 is 2.45 bits per heavy atom. The minimum Gasteiger partial charge on any atom is -0.493 e. The molecule has 0 aromatic heterocycles. The van der Waals surface area contributed by atoms with E-state index in [1.807, 2.05) is 6.92 Å². The quantitative estimate of drug-likeness (QED) is 0.246. The van der Waals surface area contributed by atoms with Gasteiger partial charge >= 0.3 is 0 Å². The van der Waals surface area contributed by atoms with E-state index >= 15 is 0 Å². The summed E-state index contributed by atoms with van der Waals surface area (Å²) >= 11 is 6.92. The molecule has 3 rings (SSSR count). The van der Waals surface area contributed by atoms with E-state index < -0.39 is 5.91 Å². The molecule has 0 unspecified atom stereocenters. The van der Waals surface area contributed by atoms with Gasteiger partial charge in [-0.1, -0.05) is 18.2 Å². The molecule has 0 bridgehead atoms. The van der Waals surface area contributed by atoms with E-state index in [9.17, 15) is 9.18 Å². The molecule has 1 amide bonds. The Bertz CT molecular complexity index is 1150. The topological polar surface area (TPSA) is 69.2 Å². The van der Waals surface area contributed by atoms with Crippen molar-refractivity contribution >= 4 is 44.0 Å². The molecule has 0 saturated carbocycles. The number of rotatable bonds is 9. The summed E-state index contributed by atoms with van der Waals surface area (Å²) in [5.74, 6) is 0.838. The number of halogens is 3. The van der Waals surface area contributed by atoms with Gasteiger partial charge in [0.15, 0.2) is 11.5 Å². The molecule has 1 N–H and O–H groups in total. The van der Waals surface area contributed by atoms with Crippen molar-refractivity contribution in [1.29, 1.82) is 0 Å². The Hall–Kier alpha value is -2.91. The highest BCUT2D eigenvalue weighted by atomic mass is 79.9. The van der Waals surface area contributed by atoms with Crippen LogP contribution in [0, 0.1) is 5.82 Å². The second kappa shape index (κ2) is 11.8. The number of ether oxygens (including phenoxy) is 3. The molecule has 0 spiro atoms. The Balaban J connectivity index is 1.65. The van der Waals surface area contributed by atoms with E-state index in [1.165, 1.54) is 19.4 Å². The third kappa shape index (κ3) is 6.55. The minimum atomic E-state index is -0.393. The molecule has 0 atom stereocenters. The van der Waals surface area contributed by atoms with Crippen molar-refractivity contribution in [3.8, 4) is 17.2 Å². The van der Waals surface area contributed by atoms with E-state index in [4.69, 9.17) is 14.2 Å². The van der Waals surface area contributed by atoms with E-state index in [2.05, 4.69) is 42.4 Å². The van der Waals surface area contributed by atoms with Gasteiger partial charge in [-0.15, -0.1) is 0 Å². The van der Waals surface area contributed by atoms with Crippen LogP contribution in [0.5, 0.6) is 17.2 Å². The van der Waals surface area contributed by atoms with Crippen LogP contribution in [0.3, 0.4) is 0 Å². The molecule has 0 radical (unpaired) electrons. The van der Waals surface area contributed by atoms with Crippen molar-refractivity contribution in [1.82, 2.24) is 5.43 Å². The average Bonchev–Trinajstić information content (AvgIpc) is 2.80. The fraction of sp³-hybridized carbons (Fsp3) is 0.167. The van der Waals surface area contributed by atoms with Gasteiger partial charge in [0, 0.05) is 11.1 Å². The first-order valence-corrected chi connectivity index (χ1v) is 11.5. The monoisotopic (exact) mass is 578 g/mol. The predicted octanol–water partition coefficient (Wildman–Crippen LogP) is 6.10. The van der Waals surface area contributed by atoms with Gasteiger partial charge < -0.3 is 14.2 Å². The highest BCUT2D eigenvalue weighted by molar-refractivity contribution is 9.11. The summed E-state index contributed by atoms with van der Waals surface area (Å²) in [6.45, 7) is 2.44. The Labute approximate surface area is 208 Å². The van der Waals surface area contributed by atoms with Gasteiger partial charge in [-0.3, -0.25) is 4.79 Å². The first-order valence-electron chi connectivity index (χ1n) is 9.92. The summed E-state index contributed by atoms with van der Waals surface area (Å²) in [6, 6.07) is 14.9. The Kier molecular flexibility index (Phi) is 8.85. The molecule has 0 heterocycles. The lowest BCUT2D eigenvalue weighted by atomic mass is 10.2. The molecular weight excluding hydrogens is 559 g/mol. The maximum Gasteiger partial charge on any atom is 0.271 e. The Morgan fingerprint density at radius 1 is 1.06 bits per heavy atom. The van der Waals surface area contributed by atoms with Gasteiger partial charge in [0.1, 0.15) is 18.2 Å². The number of carbonyl (C=O) groups excluding carboxylic acids is 1. The highest BCUT2D eigenvalue weighted by Gasteiger charge is 2.12. The summed E-state index contributed by atoms with van der Waals surface area (Å²) in [6.07, 6.45) is 1.50. The maximum absolute atomic E-state index is 13.8. The van der Waals surface area contributed by atoms with Gasteiger partial charge in [-0.2, -0.15) is 5.10 Å². The van der Waals surface area contributed by atoms with Gasteiger partial charge in [-0.05, 0) is 80.7 Å². The number of nitrogens with one attached hydrogen (secondary N) is 1. The van der Waals surface area contributed by atoms with Crippen LogP contribution < -0.4 is 19.6 Å². The summed E-state index contributed by atoms with van der Waals surface area (Å²) in [4.78, 5) is 12.4. The van der Waals surface area contributed by atoms with E-state index in [0.717, 1.165) is 0 Å². The number of methoxy groups -OCH3 is 1. The van der Waals surface area contributed by atoms with Crippen LogP contribution in [0.15, 0.2) is 68.6 Å². The SMILES string of the molecule is CCOc1ccc(C(=O)N/N=C/c2cc(Br)c(OCc3ccccc3F)c(Br)c2)cc1OC. The first kappa shape index (κ1) is 24.7. The first-order chi connectivity index (χ1) is 15.9. The molecule has 3 aromatic rings. The standard InChI is InChI=1S/C24H21Br2FN2O4/c1-3-32-21-9-8-16(12-22(21)31-2)24(30)29-28-13-15-10-18(25)23(19(26)11-15)33-14-17-6-4-5-7-20(17)27/h4-13H,3,14H2,1-2H3,(H,29,30)/b28-13+. The number of hydrogen-bond acceptors (Lipinski definition) is 5. The molecule has 0 aliphatic heterocycles. The zero-order valence-corrected chi connectivity index (χ0v) is 21.1. The van der Waals surface area contributed by atoms with Crippen LogP contribution in [0.2, 0.25) is 0 Å². The third-order valence-electron chi connectivity index (χ3n) is 4.46. The normalized spacial score (nSPS) is 10.8. The molecule has 0 saturated heterocycles. The summed E-state index contributed by atoms with van der Waals surface area (Å²) in [7, 11) is 1.51. The largest absolute Gasteiger partial charge is 0.493 e. The maximum atomic E-state index is 13.8. The van der Waals surface area contributed by atoms with Crippen LogP contribution in [0.25, 0.3) is 0 Å². The van der Waals surface area contributed by atoms with Crippen LogP contribution in [-0.4, -0.2) is 25.8 Å². The zero-order chi connectivity index (χ0) is 23.8. The molecule has 0 aliphatic carbocycles. The lowest BCUT2D eigenvalue weighted by Crippen LogP contribution is -2.17. The van der Waals surface area contributed by atoms with Crippen molar-refractivity contribution < 1.29 is 23.4 Å². The molecule has 33 heavy (non-hydrogen) atoms. The molecule has 6 nitrogen and oxygen atoms in total. The Morgan fingerprint density at radius 2 is 1.79 bits per heavy atom. The van der Waals surface area contributed by atoms with Gasteiger partial charge in [0.05, 0.1) is 28.9 Å². The second-order valence-electron chi connectivity index (χ2n) is 6.69. The van der Waals surface area contributed by atoms with Crippen molar-refractivity contribution in [2.24, 2.45) is 5.10 Å². The lowest BCUT2D eigenvalue weighted by molar-refractivity contribution is 0.0954. The number of hydrazone groups is 1. The van der Waals surface area contributed by atoms with Crippen molar-refractivity contribution in [2.75, 3.05) is 13.7 Å². The number of amides is 1. The summed E-state index contributed by atoms with van der Waals surface area (Å²) in [5.41, 5.74) is 4.03. The number of nitrogens with zero attached hydrogens (tertiary/aromatic N) is 1. The highest BCUT2D eigenvalue weighted by Crippen LogP contribution is 2.35. The van der Waals surface area contributed by atoms with Crippen LogP contribution >= 0.6 is 31.9 Å². The van der Waals surface area contributed by atoms with Crippen molar-refractivity contribution in [2.45, 2.75) is 13.5 Å². The smallest absolute Gasteiger partial charge is 0.271 e. The van der Waals surface area contributed by atoms with Crippen molar-refractivity contribution in [3.63, 3.8) is 0 Å². The molecule has 9 heteroatoms. The van der Waals surface area contributed by atoms with Crippen molar-refractivity contribution in [3.05, 3.63) is 86.1 Å². The second-order valence-corrected chi connectivity index (χ2v) is 8.40. The van der Waals surface area contributed by atoms with Crippen LogP contribution in [-0.2, 0) is 6.61 Å². The number of carbonyl (C=O) groups is 1. The van der Waals surface area contributed by atoms with Gasteiger partial charge in [-0.25, -0.2) is 9.82 Å². The zero-order valence-electron chi connectivity index (χ0n) is 17.9. The molecule has 0 fully saturated rings. The van der Waals surface area contributed by atoms with E-state index in [-0.39, 0.29) is 12.4 Å². The van der Waals surface area contributed by atoms with Gasteiger partial charge in [0.25, 0.3) is 5.91 Å². The number of hydrogen-bond donors (Lipinski definition) is 1. The lowest BCUT2D eigenvalue weighted by Gasteiger charge is -2.12. The molecular formula is C24H21Br2FN2O4. The van der Waals surface area contributed by atoms with E-state index in [1.54, 1.807) is 48.5 Å². The van der Waals surface area contributed by atoms with Gasteiger partial charge in [0.2, 0.25) is 0 Å². The number of benzene rings is 3. The van der Waals surface area contributed by atoms with E-state index in [0.29, 0.717) is 49.5 Å². The minimum absolute atomic E-state index is 0.0823. The van der Waals surface area contributed by atoms with Crippen LogP contribution in [0.1, 0.15) is 28.4 Å². The molecule has 3 aromatic carbocycles. The fourth-order valence-electron chi connectivity index (χ4n) is 2.87. The predicted molar refractivity (Wildman–Crippen MR) is 132 cm³/mol. The van der Waals surface area contributed by atoms with Crippen LogP contribution in [0.4, 0.5) is 4.39 Å². The molecule has 0 aliphatic rings.